The molecule has 5 heteroatoms. The van der Waals surface area contributed by atoms with Gasteiger partial charge in [0.2, 0.25) is 0 Å². The van der Waals surface area contributed by atoms with Crippen molar-refractivity contribution in [1.82, 2.24) is 4.90 Å². The van der Waals surface area contributed by atoms with E-state index in [1.54, 1.807) is 6.92 Å². The minimum Gasteiger partial charge on any atom is -0.462 e. The van der Waals surface area contributed by atoms with Crippen molar-refractivity contribution in [2.75, 3.05) is 19.7 Å². The fraction of sp³-hybridized carbons (Fsp3) is 0.857. The number of hydrogen-bond donors (Lipinski definition) is 0. The van der Waals surface area contributed by atoms with Crippen molar-refractivity contribution in [1.29, 1.82) is 0 Å². The molecule has 0 saturated heterocycles. The van der Waals surface area contributed by atoms with Crippen LogP contribution in [-0.2, 0) is 14.3 Å². The Morgan fingerprint density at radius 3 is 2.42 bits per heavy atom. The lowest BCUT2D eigenvalue weighted by atomic mass is 9.98. The van der Waals surface area contributed by atoms with Crippen LogP contribution in [0.2, 0.25) is 0 Å². The van der Waals surface area contributed by atoms with Crippen molar-refractivity contribution in [3.8, 4) is 0 Å². The fourth-order valence-electron chi connectivity index (χ4n) is 2.25. The Morgan fingerprint density at radius 2 is 1.84 bits per heavy atom. The van der Waals surface area contributed by atoms with Gasteiger partial charge in [-0.15, -0.1) is 0 Å². The Hall–Kier alpha value is -1.26. The third-order valence-electron chi connectivity index (χ3n) is 3.34. The first-order valence-electron chi connectivity index (χ1n) is 7.28. The summed E-state index contributed by atoms with van der Waals surface area (Å²) in [6, 6.07) is 0. The molecule has 0 aromatic carbocycles. The zero-order valence-electron chi connectivity index (χ0n) is 12.0. The Balaban J connectivity index is 2.25. The van der Waals surface area contributed by atoms with E-state index in [0.717, 1.165) is 25.7 Å². The van der Waals surface area contributed by atoms with E-state index < -0.39 is 0 Å². The average molecular weight is 271 g/mol. The van der Waals surface area contributed by atoms with Gasteiger partial charge in [0.25, 0.3) is 0 Å². The van der Waals surface area contributed by atoms with Crippen LogP contribution in [0.5, 0.6) is 0 Å². The van der Waals surface area contributed by atoms with Crippen molar-refractivity contribution in [3.05, 3.63) is 0 Å². The minimum atomic E-state index is -0.365. The summed E-state index contributed by atoms with van der Waals surface area (Å²) in [6.45, 7) is 4.88. The zero-order chi connectivity index (χ0) is 14.1. The van der Waals surface area contributed by atoms with E-state index in [2.05, 4.69) is 0 Å². The highest BCUT2D eigenvalue weighted by atomic mass is 16.6. The van der Waals surface area contributed by atoms with Gasteiger partial charge in [0.1, 0.15) is 6.10 Å². The molecular weight excluding hydrogens is 246 g/mol. The molecule has 0 bridgehead atoms. The Bertz CT molecular complexity index is 287. The Kier molecular flexibility index (Phi) is 7.30. The van der Waals surface area contributed by atoms with Crippen LogP contribution in [0.15, 0.2) is 0 Å². The van der Waals surface area contributed by atoms with Gasteiger partial charge in [0, 0.05) is 13.1 Å². The molecule has 0 aliphatic heterocycles. The summed E-state index contributed by atoms with van der Waals surface area (Å²) < 4.78 is 10.3. The highest BCUT2D eigenvalue weighted by Gasteiger charge is 2.19. The summed E-state index contributed by atoms with van der Waals surface area (Å²) in [5, 5.41) is 0. The third-order valence-corrected chi connectivity index (χ3v) is 3.34. The Labute approximate surface area is 115 Å². The van der Waals surface area contributed by atoms with Crippen molar-refractivity contribution in [2.24, 2.45) is 0 Å². The maximum atomic E-state index is 11.7. The van der Waals surface area contributed by atoms with Crippen molar-refractivity contribution in [2.45, 2.75) is 58.5 Å². The van der Waals surface area contributed by atoms with Crippen molar-refractivity contribution >= 4 is 12.1 Å². The molecule has 1 aliphatic rings. The topological polar surface area (TPSA) is 55.8 Å². The van der Waals surface area contributed by atoms with Gasteiger partial charge < -0.3 is 14.4 Å². The molecule has 0 aromatic heterocycles. The Morgan fingerprint density at radius 1 is 1.16 bits per heavy atom. The minimum absolute atomic E-state index is 0.0823. The van der Waals surface area contributed by atoms with Gasteiger partial charge in [-0.25, -0.2) is 4.79 Å². The van der Waals surface area contributed by atoms with Crippen molar-refractivity contribution in [3.63, 3.8) is 0 Å². The maximum Gasteiger partial charge on any atom is 0.409 e. The first kappa shape index (κ1) is 15.8. The number of rotatable bonds is 6. The van der Waals surface area contributed by atoms with Crippen LogP contribution in [0.25, 0.3) is 0 Å². The van der Waals surface area contributed by atoms with Gasteiger partial charge in [-0.3, -0.25) is 4.79 Å². The molecule has 0 unspecified atom stereocenters. The molecule has 110 valence electrons. The summed E-state index contributed by atoms with van der Waals surface area (Å²) in [5.41, 5.74) is 0. The molecule has 0 atom stereocenters. The van der Waals surface area contributed by atoms with Crippen LogP contribution in [0.4, 0.5) is 4.79 Å². The maximum absolute atomic E-state index is 11.7. The summed E-state index contributed by atoms with van der Waals surface area (Å²) in [4.78, 5) is 24.8. The van der Waals surface area contributed by atoms with Gasteiger partial charge in [0.15, 0.2) is 0 Å². The van der Waals surface area contributed by atoms with E-state index in [0.29, 0.717) is 19.7 Å². The summed E-state index contributed by atoms with van der Waals surface area (Å²) in [5.74, 6) is -0.213. The fourth-order valence-corrected chi connectivity index (χ4v) is 2.25. The number of carbonyl (C=O) groups is 2. The molecule has 5 nitrogen and oxygen atoms in total. The molecule has 1 amide bonds. The molecule has 1 aliphatic carbocycles. The SMILES string of the molecule is CCOC(=O)N(CC)CCC(=O)OC1CCCCC1. The molecule has 1 saturated carbocycles. The average Bonchev–Trinajstić information content (AvgIpc) is 2.41. The second-order valence-corrected chi connectivity index (χ2v) is 4.78. The number of nitrogens with zero attached hydrogens (tertiary/aromatic N) is 1. The van der Waals surface area contributed by atoms with E-state index in [-0.39, 0.29) is 24.6 Å². The van der Waals surface area contributed by atoms with Crippen LogP contribution >= 0.6 is 0 Å². The normalized spacial score (nSPS) is 15.9. The zero-order valence-corrected chi connectivity index (χ0v) is 12.0. The first-order chi connectivity index (χ1) is 9.17. The predicted octanol–water partition coefficient (Wildman–Crippen LogP) is 2.73. The van der Waals surface area contributed by atoms with E-state index in [9.17, 15) is 9.59 Å². The number of amides is 1. The number of ether oxygens (including phenoxy) is 2. The van der Waals surface area contributed by atoms with Gasteiger partial charge >= 0.3 is 12.1 Å². The predicted molar refractivity (Wildman–Crippen MR) is 71.9 cm³/mol. The van der Waals surface area contributed by atoms with E-state index >= 15 is 0 Å². The molecule has 0 heterocycles. The van der Waals surface area contributed by atoms with Crippen LogP contribution in [0.3, 0.4) is 0 Å². The molecule has 1 rings (SSSR count). The lowest BCUT2D eigenvalue weighted by Crippen LogP contribution is -2.34. The second-order valence-electron chi connectivity index (χ2n) is 4.78. The van der Waals surface area contributed by atoms with Crippen LogP contribution in [-0.4, -0.2) is 42.8 Å². The molecule has 0 spiro atoms. The smallest absolute Gasteiger partial charge is 0.409 e. The number of carbonyl (C=O) groups excluding carboxylic acids is 2. The second kappa shape index (κ2) is 8.77. The summed E-state index contributed by atoms with van der Waals surface area (Å²) >= 11 is 0. The highest BCUT2D eigenvalue weighted by molar-refractivity contribution is 5.72. The van der Waals surface area contributed by atoms with Gasteiger partial charge in [0.05, 0.1) is 13.0 Å². The standard InChI is InChI=1S/C14H25NO4/c1-3-15(14(17)18-4-2)11-10-13(16)19-12-8-6-5-7-9-12/h12H,3-11H2,1-2H3. The molecular formula is C14H25NO4. The van der Waals surface area contributed by atoms with E-state index in [1.807, 2.05) is 6.92 Å². The van der Waals surface area contributed by atoms with Crippen LogP contribution < -0.4 is 0 Å². The van der Waals surface area contributed by atoms with Gasteiger partial charge in [-0.2, -0.15) is 0 Å². The lowest BCUT2D eigenvalue weighted by molar-refractivity contribution is -0.150. The monoisotopic (exact) mass is 271 g/mol. The van der Waals surface area contributed by atoms with Crippen LogP contribution in [0, 0.1) is 0 Å². The summed E-state index contributed by atoms with van der Waals surface area (Å²) in [6.07, 6.45) is 5.42. The molecule has 0 radical (unpaired) electrons. The van der Waals surface area contributed by atoms with E-state index in [1.165, 1.54) is 11.3 Å². The lowest BCUT2D eigenvalue weighted by Gasteiger charge is -2.23. The van der Waals surface area contributed by atoms with Gasteiger partial charge in [-0.05, 0) is 39.5 Å². The molecule has 19 heavy (non-hydrogen) atoms. The van der Waals surface area contributed by atoms with Crippen LogP contribution in [0.1, 0.15) is 52.4 Å². The molecule has 1 fully saturated rings. The first-order valence-corrected chi connectivity index (χ1v) is 7.28. The summed E-state index contributed by atoms with van der Waals surface area (Å²) in [7, 11) is 0. The highest BCUT2D eigenvalue weighted by Crippen LogP contribution is 2.20. The quantitative estimate of drug-likeness (QED) is 0.697. The molecule has 0 aromatic rings. The number of hydrogen-bond acceptors (Lipinski definition) is 4. The molecule has 0 N–H and O–H groups in total. The largest absolute Gasteiger partial charge is 0.462 e. The van der Waals surface area contributed by atoms with Crippen molar-refractivity contribution < 1.29 is 19.1 Å². The van der Waals surface area contributed by atoms with Gasteiger partial charge in [-0.1, -0.05) is 6.42 Å². The number of esters is 1. The van der Waals surface area contributed by atoms with E-state index in [4.69, 9.17) is 9.47 Å². The third kappa shape index (κ3) is 5.94.